The van der Waals surface area contributed by atoms with E-state index in [9.17, 15) is 9.18 Å². The molecule has 144 valence electrons. The zero-order valence-electron chi connectivity index (χ0n) is 15.1. The molecule has 7 nitrogen and oxygen atoms in total. The van der Waals surface area contributed by atoms with Crippen LogP contribution < -0.4 is 0 Å². The Kier molecular flexibility index (Phi) is 5.01. The molecule has 1 unspecified atom stereocenters. The number of benzene rings is 1. The number of carbonyl (C=O) groups is 1. The Morgan fingerprint density at radius 3 is 2.89 bits per heavy atom. The Balaban J connectivity index is 1.34. The van der Waals surface area contributed by atoms with Crippen LogP contribution in [0.25, 0.3) is 0 Å². The van der Waals surface area contributed by atoms with Gasteiger partial charge in [0.15, 0.2) is 5.82 Å². The molecule has 2 aromatic rings. The second-order valence-electron chi connectivity index (χ2n) is 7.05. The summed E-state index contributed by atoms with van der Waals surface area (Å²) in [5, 5.41) is 4.21. The summed E-state index contributed by atoms with van der Waals surface area (Å²) >= 11 is 6.13. The van der Waals surface area contributed by atoms with Gasteiger partial charge in [0.25, 0.3) is 0 Å². The molecular formula is C18H21ClFN5O2. The van der Waals surface area contributed by atoms with E-state index < -0.39 is 0 Å². The predicted molar refractivity (Wildman–Crippen MR) is 96.6 cm³/mol. The second kappa shape index (κ2) is 7.44. The van der Waals surface area contributed by atoms with Crippen LogP contribution in [0.1, 0.15) is 23.7 Å². The van der Waals surface area contributed by atoms with Gasteiger partial charge in [0.05, 0.1) is 0 Å². The van der Waals surface area contributed by atoms with Crippen LogP contribution in [0.15, 0.2) is 22.7 Å². The van der Waals surface area contributed by atoms with Crippen molar-refractivity contribution >= 4 is 17.6 Å². The van der Waals surface area contributed by atoms with E-state index in [-0.39, 0.29) is 17.9 Å². The third-order valence-corrected chi connectivity index (χ3v) is 5.47. The van der Waals surface area contributed by atoms with Crippen molar-refractivity contribution in [3.8, 4) is 0 Å². The number of aryl methyl sites for hydroxylation is 1. The molecule has 27 heavy (non-hydrogen) atoms. The van der Waals surface area contributed by atoms with Crippen molar-refractivity contribution in [2.75, 3.05) is 26.2 Å². The number of urea groups is 1. The van der Waals surface area contributed by atoms with E-state index in [1.54, 1.807) is 17.9 Å². The number of likely N-dealkylation sites (tertiary alicyclic amines) is 1. The highest BCUT2D eigenvalue weighted by Gasteiger charge is 2.37. The normalized spacial score (nSPS) is 20.9. The van der Waals surface area contributed by atoms with E-state index >= 15 is 0 Å². The van der Waals surface area contributed by atoms with Crippen molar-refractivity contribution in [3.05, 3.63) is 46.3 Å². The number of amides is 2. The smallest absolute Gasteiger partial charge is 0.320 e. The van der Waals surface area contributed by atoms with E-state index in [0.717, 1.165) is 25.1 Å². The molecule has 1 aromatic carbocycles. The summed E-state index contributed by atoms with van der Waals surface area (Å²) in [6.07, 6.45) is 0.915. The topological polar surface area (TPSA) is 65.7 Å². The van der Waals surface area contributed by atoms with Gasteiger partial charge in [0.1, 0.15) is 12.4 Å². The quantitative estimate of drug-likeness (QED) is 0.781. The molecule has 0 bridgehead atoms. The van der Waals surface area contributed by atoms with Crippen molar-refractivity contribution in [3.63, 3.8) is 0 Å². The van der Waals surface area contributed by atoms with Gasteiger partial charge in [0.2, 0.25) is 5.89 Å². The molecule has 0 saturated carbocycles. The first-order chi connectivity index (χ1) is 13.0. The van der Waals surface area contributed by atoms with E-state index in [0.29, 0.717) is 42.9 Å². The van der Waals surface area contributed by atoms with Crippen molar-refractivity contribution in [2.45, 2.75) is 32.5 Å². The lowest BCUT2D eigenvalue weighted by atomic mass is 10.2. The minimum Gasteiger partial charge on any atom is -0.337 e. The number of halogens is 2. The molecule has 1 aromatic heterocycles. The van der Waals surface area contributed by atoms with Gasteiger partial charge < -0.3 is 14.3 Å². The van der Waals surface area contributed by atoms with Crippen LogP contribution in [0, 0.1) is 12.7 Å². The van der Waals surface area contributed by atoms with Crippen LogP contribution in [0.2, 0.25) is 5.02 Å². The highest BCUT2D eigenvalue weighted by Crippen LogP contribution is 2.25. The second-order valence-corrected chi connectivity index (χ2v) is 7.45. The number of carbonyl (C=O) groups excluding carboxylic acids is 1. The van der Waals surface area contributed by atoms with Crippen LogP contribution in [-0.2, 0) is 13.1 Å². The van der Waals surface area contributed by atoms with Gasteiger partial charge >= 0.3 is 6.03 Å². The van der Waals surface area contributed by atoms with Crippen LogP contribution >= 0.6 is 11.6 Å². The molecule has 0 radical (unpaired) electrons. The molecule has 0 spiro atoms. The summed E-state index contributed by atoms with van der Waals surface area (Å²) in [4.78, 5) is 22.8. The first-order valence-corrected chi connectivity index (χ1v) is 9.38. The van der Waals surface area contributed by atoms with E-state index in [2.05, 4.69) is 15.0 Å². The van der Waals surface area contributed by atoms with Gasteiger partial charge in [-0.05, 0) is 31.0 Å². The summed E-state index contributed by atoms with van der Waals surface area (Å²) in [6, 6.07) is 4.67. The van der Waals surface area contributed by atoms with E-state index in [1.807, 2.05) is 4.90 Å². The fraction of sp³-hybridized carbons (Fsp3) is 0.500. The van der Waals surface area contributed by atoms with Crippen molar-refractivity contribution < 1.29 is 13.7 Å². The third-order valence-electron chi connectivity index (χ3n) is 5.12. The first kappa shape index (κ1) is 18.2. The van der Waals surface area contributed by atoms with Gasteiger partial charge in [-0.15, -0.1) is 0 Å². The van der Waals surface area contributed by atoms with Gasteiger partial charge in [-0.3, -0.25) is 4.90 Å². The molecule has 0 aliphatic carbocycles. The number of hydrogen-bond donors (Lipinski definition) is 0. The molecule has 0 N–H and O–H groups in total. The zero-order chi connectivity index (χ0) is 19.0. The summed E-state index contributed by atoms with van der Waals surface area (Å²) in [6.45, 7) is 5.77. The zero-order valence-corrected chi connectivity index (χ0v) is 15.8. The largest absolute Gasteiger partial charge is 0.337 e. The van der Waals surface area contributed by atoms with Crippen LogP contribution in [0.4, 0.5) is 9.18 Å². The Bertz CT molecular complexity index is 845. The summed E-state index contributed by atoms with van der Waals surface area (Å²) in [5.74, 6) is 0.698. The molecular weight excluding hydrogens is 373 g/mol. The highest BCUT2D eigenvalue weighted by molar-refractivity contribution is 6.31. The van der Waals surface area contributed by atoms with Crippen molar-refractivity contribution in [1.29, 1.82) is 0 Å². The van der Waals surface area contributed by atoms with Gasteiger partial charge in [-0.2, -0.15) is 4.98 Å². The van der Waals surface area contributed by atoms with Gasteiger partial charge in [-0.1, -0.05) is 22.8 Å². The first-order valence-electron chi connectivity index (χ1n) is 9.00. The van der Waals surface area contributed by atoms with E-state index in [4.69, 9.17) is 16.1 Å². The molecule has 1 atom stereocenters. The molecule has 2 amide bonds. The maximum absolute atomic E-state index is 13.2. The third kappa shape index (κ3) is 3.91. The van der Waals surface area contributed by atoms with Gasteiger partial charge in [0, 0.05) is 43.8 Å². The van der Waals surface area contributed by atoms with Crippen LogP contribution in [0.5, 0.6) is 0 Å². The summed E-state index contributed by atoms with van der Waals surface area (Å²) in [5.41, 5.74) is 0.903. The molecule has 2 saturated heterocycles. The monoisotopic (exact) mass is 393 g/mol. The molecule has 2 aliphatic rings. The fourth-order valence-electron chi connectivity index (χ4n) is 3.76. The fourth-order valence-corrected chi connectivity index (χ4v) is 3.98. The lowest BCUT2D eigenvalue weighted by Gasteiger charge is -2.24. The standard InChI is InChI=1S/C18H21ClFN5O2/c1-12-21-17(27-22-12)11-24-6-7-25(18(24)26)15-4-5-23(10-15)9-13-2-3-14(20)8-16(13)19/h2-3,8,15H,4-7,9-11H2,1H3. The minimum absolute atomic E-state index is 0.0116. The number of nitrogens with zero attached hydrogens (tertiary/aromatic N) is 5. The predicted octanol–water partition coefficient (Wildman–Crippen LogP) is 2.68. The van der Waals surface area contributed by atoms with Crippen molar-refractivity contribution in [1.82, 2.24) is 24.8 Å². The molecule has 9 heteroatoms. The lowest BCUT2D eigenvalue weighted by molar-refractivity contribution is 0.170. The molecule has 3 heterocycles. The Hall–Kier alpha value is -2.19. The molecule has 2 aliphatic heterocycles. The summed E-state index contributed by atoms with van der Waals surface area (Å²) < 4.78 is 18.3. The Morgan fingerprint density at radius 1 is 1.30 bits per heavy atom. The number of rotatable bonds is 5. The molecule has 4 rings (SSSR count). The maximum Gasteiger partial charge on any atom is 0.320 e. The number of aromatic nitrogens is 2. The Labute approximate surface area is 161 Å². The Morgan fingerprint density at radius 2 is 2.15 bits per heavy atom. The maximum atomic E-state index is 13.2. The van der Waals surface area contributed by atoms with Crippen LogP contribution in [0.3, 0.4) is 0 Å². The molecule has 2 fully saturated rings. The average molecular weight is 394 g/mol. The van der Waals surface area contributed by atoms with Crippen LogP contribution in [-0.4, -0.2) is 63.1 Å². The SMILES string of the molecule is Cc1noc(CN2CCN(C3CCN(Cc4ccc(F)cc4Cl)C3)C2=O)n1. The minimum atomic E-state index is -0.331. The summed E-state index contributed by atoms with van der Waals surface area (Å²) in [7, 11) is 0. The van der Waals surface area contributed by atoms with Crippen molar-refractivity contribution in [2.24, 2.45) is 0 Å². The highest BCUT2D eigenvalue weighted by atomic mass is 35.5. The van der Waals surface area contributed by atoms with Gasteiger partial charge in [-0.25, -0.2) is 9.18 Å². The number of hydrogen-bond acceptors (Lipinski definition) is 5. The average Bonchev–Trinajstić information content (AvgIpc) is 3.33. The lowest BCUT2D eigenvalue weighted by Crippen LogP contribution is -2.40. The van der Waals surface area contributed by atoms with E-state index in [1.165, 1.54) is 12.1 Å².